The summed E-state index contributed by atoms with van der Waals surface area (Å²) in [5, 5.41) is 7.38. The summed E-state index contributed by atoms with van der Waals surface area (Å²) in [6.45, 7) is 6.56. The van der Waals surface area contributed by atoms with E-state index in [0.29, 0.717) is 13.1 Å². The number of amides is 1. The van der Waals surface area contributed by atoms with Crippen LogP contribution in [0.15, 0.2) is 36.7 Å². The molecule has 5 heteroatoms. The fraction of sp³-hybridized carbons (Fsp3) is 0.412. The van der Waals surface area contributed by atoms with Crippen LogP contribution in [0, 0.1) is 13.8 Å². The van der Waals surface area contributed by atoms with E-state index in [0.717, 1.165) is 24.2 Å². The number of nitrogens with one attached hydrogen (secondary N) is 1. The third kappa shape index (κ3) is 5.00. The van der Waals surface area contributed by atoms with Crippen molar-refractivity contribution < 1.29 is 4.79 Å². The number of aromatic nitrogens is 2. The first-order valence-corrected chi connectivity index (χ1v) is 7.54. The van der Waals surface area contributed by atoms with Crippen LogP contribution in [-0.4, -0.2) is 40.7 Å². The fourth-order valence-electron chi connectivity index (χ4n) is 2.17. The van der Waals surface area contributed by atoms with E-state index in [1.165, 1.54) is 5.56 Å². The lowest BCUT2D eigenvalue weighted by molar-refractivity contribution is -0.129. The predicted molar refractivity (Wildman–Crippen MR) is 87.5 cm³/mol. The van der Waals surface area contributed by atoms with Gasteiger partial charge in [0.25, 0.3) is 0 Å². The van der Waals surface area contributed by atoms with E-state index in [2.05, 4.69) is 41.6 Å². The Morgan fingerprint density at radius 2 is 1.95 bits per heavy atom. The van der Waals surface area contributed by atoms with Crippen LogP contribution in [0.4, 0.5) is 0 Å². The van der Waals surface area contributed by atoms with Crippen molar-refractivity contribution in [3.63, 3.8) is 0 Å². The molecule has 0 aliphatic heterocycles. The van der Waals surface area contributed by atoms with Crippen molar-refractivity contribution in [2.24, 2.45) is 0 Å². The Morgan fingerprint density at radius 1 is 1.23 bits per heavy atom. The van der Waals surface area contributed by atoms with Crippen molar-refractivity contribution in [3.05, 3.63) is 53.3 Å². The van der Waals surface area contributed by atoms with E-state index < -0.39 is 0 Å². The zero-order valence-electron chi connectivity index (χ0n) is 13.5. The summed E-state index contributed by atoms with van der Waals surface area (Å²) in [6.07, 6.45) is 3.83. The molecule has 0 fully saturated rings. The predicted octanol–water partition coefficient (Wildman–Crippen LogP) is 1.75. The summed E-state index contributed by atoms with van der Waals surface area (Å²) in [7, 11) is 1.83. The Bertz CT molecular complexity index is 603. The van der Waals surface area contributed by atoms with Gasteiger partial charge < -0.3 is 10.2 Å². The maximum Gasteiger partial charge on any atom is 0.236 e. The third-order valence-electron chi connectivity index (χ3n) is 3.52. The normalized spacial score (nSPS) is 10.7. The molecule has 22 heavy (non-hydrogen) atoms. The van der Waals surface area contributed by atoms with Gasteiger partial charge in [0, 0.05) is 26.3 Å². The molecule has 1 aromatic heterocycles. The van der Waals surface area contributed by atoms with Crippen molar-refractivity contribution in [1.29, 1.82) is 0 Å². The molecule has 118 valence electrons. The summed E-state index contributed by atoms with van der Waals surface area (Å²) in [5.41, 5.74) is 3.52. The number of aryl methyl sites for hydroxylation is 2. The second-order valence-electron chi connectivity index (χ2n) is 5.69. The minimum absolute atomic E-state index is 0.0946. The molecule has 0 spiro atoms. The second kappa shape index (κ2) is 7.75. The number of benzene rings is 1. The smallest absolute Gasteiger partial charge is 0.236 e. The minimum atomic E-state index is 0.0946. The lowest BCUT2D eigenvalue weighted by Crippen LogP contribution is -2.36. The number of hydrogen-bond acceptors (Lipinski definition) is 3. The lowest BCUT2D eigenvalue weighted by atomic mass is 10.1. The van der Waals surface area contributed by atoms with E-state index in [1.807, 2.05) is 31.0 Å². The Hall–Kier alpha value is -2.14. The van der Waals surface area contributed by atoms with Gasteiger partial charge in [0.2, 0.25) is 5.91 Å². The van der Waals surface area contributed by atoms with Crippen molar-refractivity contribution in [1.82, 2.24) is 20.0 Å². The van der Waals surface area contributed by atoms with Gasteiger partial charge in [-0.1, -0.05) is 29.8 Å². The van der Waals surface area contributed by atoms with Gasteiger partial charge in [-0.15, -0.1) is 0 Å². The highest BCUT2D eigenvalue weighted by molar-refractivity contribution is 5.77. The van der Waals surface area contributed by atoms with Gasteiger partial charge >= 0.3 is 0 Å². The van der Waals surface area contributed by atoms with Gasteiger partial charge in [-0.3, -0.25) is 9.48 Å². The molecule has 0 saturated heterocycles. The molecular formula is C17H24N4O. The fourth-order valence-corrected chi connectivity index (χ4v) is 2.17. The molecule has 0 saturated carbocycles. The monoisotopic (exact) mass is 300 g/mol. The minimum Gasteiger partial charge on any atom is -0.340 e. The van der Waals surface area contributed by atoms with E-state index in [1.54, 1.807) is 4.90 Å². The van der Waals surface area contributed by atoms with Crippen LogP contribution >= 0.6 is 0 Å². The molecule has 0 radical (unpaired) electrons. The first kappa shape index (κ1) is 16.2. The number of rotatable bonds is 7. The molecule has 0 aliphatic rings. The van der Waals surface area contributed by atoms with E-state index in [9.17, 15) is 4.79 Å². The van der Waals surface area contributed by atoms with Crippen LogP contribution in [0.2, 0.25) is 0 Å². The van der Waals surface area contributed by atoms with Crippen molar-refractivity contribution in [3.8, 4) is 0 Å². The average Bonchev–Trinajstić information content (AvgIpc) is 2.91. The van der Waals surface area contributed by atoms with Crippen LogP contribution in [0.1, 0.15) is 16.7 Å². The molecular weight excluding hydrogens is 276 g/mol. The van der Waals surface area contributed by atoms with Crippen LogP contribution < -0.4 is 5.32 Å². The molecule has 1 aromatic carbocycles. The van der Waals surface area contributed by atoms with Crippen LogP contribution in [-0.2, 0) is 17.9 Å². The lowest BCUT2D eigenvalue weighted by Gasteiger charge is -2.17. The number of carbonyl (C=O) groups excluding carboxylic acids is 1. The van der Waals surface area contributed by atoms with Gasteiger partial charge in [-0.25, -0.2) is 0 Å². The van der Waals surface area contributed by atoms with Gasteiger partial charge in [0.15, 0.2) is 0 Å². The van der Waals surface area contributed by atoms with Crippen LogP contribution in [0.3, 0.4) is 0 Å². The average molecular weight is 300 g/mol. The van der Waals surface area contributed by atoms with Crippen LogP contribution in [0.5, 0.6) is 0 Å². The maximum atomic E-state index is 12.1. The summed E-state index contributed by atoms with van der Waals surface area (Å²) >= 11 is 0. The molecule has 0 bridgehead atoms. The molecule has 2 rings (SSSR count). The molecule has 0 unspecified atom stereocenters. The number of likely N-dealkylation sites (N-methyl/N-ethyl adjacent to an activating group) is 1. The van der Waals surface area contributed by atoms with Crippen LogP contribution in [0.25, 0.3) is 0 Å². The number of carbonyl (C=O) groups is 1. The quantitative estimate of drug-likeness (QED) is 0.793. The van der Waals surface area contributed by atoms with Crippen molar-refractivity contribution >= 4 is 5.91 Å². The Kier molecular flexibility index (Phi) is 5.72. The number of nitrogens with zero attached hydrogens (tertiary/aromatic N) is 3. The molecule has 2 aromatic rings. The van der Waals surface area contributed by atoms with E-state index >= 15 is 0 Å². The van der Waals surface area contributed by atoms with Crippen molar-refractivity contribution in [2.75, 3.05) is 20.1 Å². The Morgan fingerprint density at radius 3 is 2.59 bits per heavy atom. The Labute approximate surface area is 131 Å². The molecule has 5 nitrogen and oxygen atoms in total. The first-order valence-electron chi connectivity index (χ1n) is 7.54. The largest absolute Gasteiger partial charge is 0.340 e. The Balaban J connectivity index is 1.68. The summed E-state index contributed by atoms with van der Waals surface area (Å²) < 4.78 is 1.88. The van der Waals surface area contributed by atoms with Gasteiger partial charge in [0.05, 0.1) is 19.3 Å². The molecule has 1 N–H and O–H groups in total. The maximum absolute atomic E-state index is 12.1. The summed E-state index contributed by atoms with van der Waals surface area (Å²) in [6, 6.07) is 8.26. The van der Waals surface area contributed by atoms with Crippen molar-refractivity contribution in [2.45, 2.75) is 26.9 Å². The topological polar surface area (TPSA) is 50.2 Å². The third-order valence-corrected chi connectivity index (χ3v) is 3.52. The van der Waals surface area contributed by atoms with Gasteiger partial charge in [-0.05, 0) is 25.0 Å². The second-order valence-corrected chi connectivity index (χ2v) is 5.69. The summed E-state index contributed by atoms with van der Waals surface area (Å²) in [4.78, 5) is 13.8. The standard InChI is InChI=1S/C17H24N4O/c1-14-4-6-16(7-5-14)13-20(3)17(22)11-18-8-9-21-12-15(2)10-19-21/h4-7,10,12,18H,8-9,11,13H2,1-3H3. The zero-order chi connectivity index (χ0) is 15.9. The number of hydrogen-bond donors (Lipinski definition) is 1. The molecule has 0 atom stereocenters. The molecule has 1 heterocycles. The highest BCUT2D eigenvalue weighted by Crippen LogP contribution is 2.05. The SMILES string of the molecule is Cc1ccc(CN(C)C(=O)CNCCn2cc(C)cn2)cc1. The molecule has 1 amide bonds. The zero-order valence-corrected chi connectivity index (χ0v) is 13.5. The highest BCUT2D eigenvalue weighted by atomic mass is 16.2. The van der Waals surface area contributed by atoms with Gasteiger partial charge in [0.1, 0.15) is 0 Å². The van der Waals surface area contributed by atoms with E-state index in [4.69, 9.17) is 0 Å². The first-order chi connectivity index (χ1) is 10.5. The van der Waals surface area contributed by atoms with E-state index in [-0.39, 0.29) is 5.91 Å². The highest BCUT2D eigenvalue weighted by Gasteiger charge is 2.08. The van der Waals surface area contributed by atoms with Gasteiger partial charge in [-0.2, -0.15) is 5.10 Å². The molecule has 0 aliphatic carbocycles. The summed E-state index contributed by atoms with van der Waals surface area (Å²) in [5.74, 6) is 0.0946.